The Morgan fingerprint density at radius 2 is 2.16 bits per heavy atom. The highest BCUT2D eigenvalue weighted by molar-refractivity contribution is 5.84. The highest BCUT2D eigenvalue weighted by atomic mass is 16.6. The summed E-state index contributed by atoms with van der Waals surface area (Å²) in [5.74, 6) is -2.09. The molecule has 2 rings (SSSR count). The number of amides is 1. The van der Waals surface area contributed by atoms with Crippen molar-refractivity contribution >= 4 is 28.7 Å². The van der Waals surface area contributed by atoms with Crippen LogP contribution in [-0.2, 0) is 20.9 Å². The first-order valence-corrected chi connectivity index (χ1v) is 7.58. The van der Waals surface area contributed by atoms with Gasteiger partial charge < -0.3 is 14.5 Å². The van der Waals surface area contributed by atoms with Crippen molar-refractivity contribution in [3.63, 3.8) is 0 Å². The van der Waals surface area contributed by atoms with E-state index in [4.69, 9.17) is 9.15 Å². The molecule has 10 heteroatoms. The molecule has 25 heavy (non-hydrogen) atoms. The molecule has 1 atom stereocenters. The van der Waals surface area contributed by atoms with Crippen molar-refractivity contribution in [3.8, 4) is 0 Å². The molecule has 0 radical (unpaired) electrons. The van der Waals surface area contributed by atoms with E-state index in [1.807, 2.05) is 6.92 Å². The fourth-order valence-electron chi connectivity index (χ4n) is 2.13. The third-order valence-corrected chi connectivity index (χ3v) is 3.38. The van der Waals surface area contributed by atoms with Crippen LogP contribution in [0.1, 0.15) is 20.3 Å². The Balaban J connectivity index is 2.13. The minimum Gasteiger partial charge on any atom is -0.451 e. The molecule has 1 N–H and O–H groups in total. The lowest BCUT2D eigenvalue weighted by molar-refractivity contribution is -0.384. The first-order chi connectivity index (χ1) is 11.8. The Labute approximate surface area is 141 Å². The number of hydrogen-bond acceptors (Lipinski definition) is 7. The molecule has 0 aliphatic heterocycles. The van der Waals surface area contributed by atoms with Crippen LogP contribution in [0, 0.1) is 10.1 Å². The van der Waals surface area contributed by atoms with Gasteiger partial charge in [0.1, 0.15) is 6.54 Å². The van der Waals surface area contributed by atoms with E-state index >= 15 is 0 Å². The van der Waals surface area contributed by atoms with E-state index < -0.39 is 35.2 Å². The van der Waals surface area contributed by atoms with E-state index in [-0.39, 0.29) is 16.8 Å². The topological polar surface area (TPSA) is 134 Å². The van der Waals surface area contributed by atoms with Gasteiger partial charge in [0.05, 0.1) is 16.5 Å². The number of carbonyl (C=O) groups is 2. The number of ether oxygens (including phenoxy) is 1. The minimum atomic E-state index is -1.01. The SMILES string of the molecule is CCCNC(=O)[C@@H](C)OC(=O)Cn1c(=O)oc2cc([N+](=O)[O-])ccc21. The Morgan fingerprint density at radius 3 is 2.80 bits per heavy atom. The summed E-state index contributed by atoms with van der Waals surface area (Å²) < 4.78 is 10.9. The number of carbonyl (C=O) groups excluding carboxylic acids is 2. The van der Waals surface area contributed by atoms with Gasteiger partial charge in [0.2, 0.25) is 0 Å². The van der Waals surface area contributed by atoms with Crippen LogP contribution in [0.5, 0.6) is 0 Å². The van der Waals surface area contributed by atoms with Gasteiger partial charge in [-0.1, -0.05) is 6.92 Å². The normalized spacial score (nSPS) is 11.9. The molecule has 1 amide bonds. The summed E-state index contributed by atoms with van der Waals surface area (Å²) in [4.78, 5) is 45.6. The van der Waals surface area contributed by atoms with Gasteiger partial charge in [-0.2, -0.15) is 0 Å². The lowest BCUT2D eigenvalue weighted by Gasteiger charge is -2.13. The van der Waals surface area contributed by atoms with Crippen LogP contribution < -0.4 is 11.1 Å². The zero-order valence-corrected chi connectivity index (χ0v) is 13.7. The number of nitrogens with zero attached hydrogens (tertiary/aromatic N) is 2. The number of rotatable bonds is 7. The van der Waals surface area contributed by atoms with Crippen molar-refractivity contribution in [3.05, 3.63) is 38.9 Å². The van der Waals surface area contributed by atoms with Crippen molar-refractivity contribution in [2.75, 3.05) is 6.54 Å². The van der Waals surface area contributed by atoms with Crippen LogP contribution >= 0.6 is 0 Å². The van der Waals surface area contributed by atoms with Crippen molar-refractivity contribution in [1.82, 2.24) is 9.88 Å². The number of nitro groups is 1. The number of fused-ring (bicyclic) bond motifs is 1. The molecule has 0 aliphatic rings. The molecule has 0 unspecified atom stereocenters. The fourth-order valence-corrected chi connectivity index (χ4v) is 2.13. The number of hydrogen-bond donors (Lipinski definition) is 1. The summed E-state index contributed by atoms with van der Waals surface area (Å²) in [5, 5.41) is 13.3. The van der Waals surface area contributed by atoms with Gasteiger partial charge in [-0.05, 0) is 19.4 Å². The van der Waals surface area contributed by atoms with Crippen LogP contribution in [0.3, 0.4) is 0 Å². The number of non-ortho nitro benzene ring substituents is 1. The van der Waals surface area contributed by atoms with Gasteiger partial charge in [0.25, 0.3) is 11.6 Å². The van der Waals surface area contributed by atoms with Gasteiger partial charge in [0, 0.05) is 12.6 Å². The largest absolute Gasteiger partial charge is 0.451 e. The van der Waals surface area contributed by atoms with E-state index in [1.165, 1.54) is 19.1 Å². The Bertz CT molecular complexity index is 868. The summed E-state index contributed by atoms with van der Waals surface area (Å²) in [7, 11) is 0. The number of nitrogens with one attached hydrogen (secondary N) is 1. The molecule has 2 aromatic rings. The summed E-state index contributed by atoms with van der Waals surface area (Å²) in [6.45, 7) is 3.29. The lowest BCUT2D eigenvalue weighted by atomic mass is 10.3. The average Bonchev–Trinajstić information content (AvgIpc) is 2.87. The third-order valence-electron chi connectivity index (χ3n) is 3.38. The third kappa shape index (κ3) is 4.22. The number of aromatic nitrogens is 1. The second-order valence-corrected chi connectivity index (χ2v) is 5.29. The molecule has 10 nitrogen and oxygen atoms in total. The molecule has 0 spiro atoms. The van der Waals surface area contributed by atoms with E-state index in [0.29, 0.717) is 6.54 Å². The molecule has 0 saturated heterocycles. The minimum absolute atomic E-state index is 0.0132. The molecule has 0 saturated carbocycles. The van der Waals surface area contributed by atoms with E-state index in [1.54, 1.807) is 0 Å². The van der Waals surface area contributed by atoms with Crippen LogP contribution in [0.4, 0.5) is 5.69 Å². The Morgan fingerprint density at radius 1 is 1.44 bits per heavy atom. The maximum atomic E-state index is 12.0. The smallest absolute Gasteiger partial charge is 0.420 e. The van der Waals surface area contributed by atoms with Crippen molar-refractivity contribution in [2.45, 2.75) is 32.9 Å². The van der Waals surface area contributed by atoms with Crippen molar-refractivity contribution in [2.24, 2.45) is 0 Å². The van der Waals surface area contributed by atoms with E-state index in [2.05, 4.69) is 5.32 Å². The molecule has 1 aromatic heterocycles. The molecular weight excluding hydrogens is 334 g/mol. The zero-order chi connectivity index (χ0) is 18.6. The van der Waals surface area contributed by atoms with Crippen LogP contribution in [0.15, 0.2) is 27.4 Å². The molecule has 0 bridgehead atoms. The lowest BCUT2D eigenvalue weighted by Crippen LogP contribution is -2.37. The molecule has 0 aliphatic carbocycles. The second-order valence-electron chi connectivity index (χ2n) is 5.29. The molecule has 134 valence electrons. The summed E-state index contributed by atoms with van der Waals surface area (Å²) in [5.41, 5.74) is -0.0337. The fraction of sp³-hybridized carbons (Fsp3) is 0.400. The zero-order valence-electron chi connectivity index (χ0n) is 13.7. The van der Waals surface area contributed by atoms with Gasteiger partial charge in [0.15, 0.2) is 11.7 Å². The highest BCUT2D eigenvalue weighted by Crippen LogP contribution is 2.20. The van der Waals surface area contributed by atoms with Gasteiger partial charge in [-0.3, -0.25) is 24.3 Å². The highest BCUT2D eigenvalue weighted by Gasteiger charge is 2.20. The van der Waals surface area contributed by atoms with Gasteiger partial charge in [-0.25, -0.2) is 4.79 Å². The van der Waals surface area contributed by atoms with Crippen molar-refractivity contribution < 1.29 is 23.7 Å². The standard InChI is InChI=1S/C15H17N3O7/c1-3-6-16-14(20)9(2)24-13(19)8-17-11-5-4-10(18(22)23)7-12(11)25-15(17)21/h4-5,7,9H,3,6,8H2,1-2H3,(H,16,20)/t9-/m1/s1. The van der Waals surface area contributed by atoms with Crippen LogP contribution in [0.2, 0.25) is 0 Å². The molecule has 1 aromatic carbocycles. The first-order valence-electron chi connectivity index (χ1n) is 7.58. The summed E-state index contributed by atoms with van der Waals surface area (Å²) in [6.07, 6.45) is -0.261. The maximum Gasteiger partial charge on any atom is 0.420 e. The second kappa shape index (κ2) is 7.60. The van der Waals surface area contributed by atoms with Crippen LogP contribution in [0.25, 0.3) is 11.1 Å². The Kier molecular flexibility index (Phi) is 5.52. The predicted molar refractivity (Wildman–Crippen MR) is 86.0 cm³/mol. The number of esters is 1. The number of oxazole rings is 1. The summed E-state index contributed by atoms with van der Waals surface area (Å²) in [6, 6.07) is 3.60. The number of nitro benzene ring substituents is 1. The molecule has 0 fully saturated rings. The van der Waals surface area contributed by atoms with Crippen molar-refractivity contribution in [1.29, 1.82) is 0 Å². The quantitative estimate of drug-likeness (QED) is 0.446. The predicted octanol–water partition coefficient (Wildman–Crippen LogP) is 0.961. The molecule has 1 heterocycles. The average molecular weight is 351 g/mol. The van der Waals surface area contributed by atoms with Crippen LogP contribution in [-0.4, -0.2) is 34.0 Å². The number of benzene rings is 1. The monoisotopic (exact) mass is 351 g/mol. The summed E-state index contributed by atoms with van der Waals surface area (Å²) >= 11 is 0. The van der Waals surface area contributed by atoms with Gasteiger partial charge in [-0.15, -0.1) is 0 Å². The van der Waals surface area contributed by atoms with E-state index in [9.17, 15) is 24.5 Å². The molecular formula is C15H17N3O7. The van der Waals surface area contributed by atoms with E-state index in [0.717, 1.165) is 17.1 Å². The Hall–Kier alpha value is -3.17. The maximum absolute atomic E-state index is 12.0. The van der Waals surface area contributed by atoms with Gasteiger partial charge >= 0.3 is 11.7 Å². The first kappa shape index (κ1) is 18.2.